The molecule has 2 atom stereocenters. The average Bonchev–Trinajstić information content (AvgIpc) is 3.03. The highest BCUT2D eigenvalue weighted by Gasteiger charge is 2.61. The van der Waals surface area contributed by atoms with Crippen molar-refractivity contribution < 1.29 is 13.5 Å². The van der Waals surface area contributed by atoms with E-state index in [1.165, 1.54) is 12.1 Å². The molecule has 0 radical (unpaired) electrons. The summed E-state index contributed by atoms with van der Waals surface area (Å²) < 4.78 is 35.3. The van der Waals surface area contributed by atoms with Crippen LogP contribution in [0.4, 0.5) is 8.78 Å². The number of hydrogen-bond donors (Lipinski definition) is 0. The first-order valence-corrected chi connectivity index (χ1v) is 6.88. The first-order chi connectivity index (χ1) is 10.7. The smallest absolute Gasteiger partial charge is 0.174 e. The zero-order valence-corrected chi connectivity index (χ0v) is 11.5. The Balaban J connectivity index is 1.88. The predicted octanol–water partition coefficient (Wildman–Crippen LogP) is 3.63. The molecule has 4 rings (SSSR count). The van der Waals surface area contributed by atoms with Crippen LogP contribution in [0, 0.1) is 11.6 Å². The molecular formula is C17H12F2N2O. The first-order valence-electron chi connectivity index (χ1n) is 6.88. The highest BCUT2D eigenvalue weighted by atomic mass is 19.1. The van der Waals surface area contributed by atoms with Gasteiger partial charge < -0.3 is 9.30 Å². The molecule has 0 bridgehead atoms. The number of ether oxygens (including phenoxy) is 1. The van der Waals surface area contributed by atoms with Gasteiger partial charge in [0.1, 0.15) is 11.6 Å². The third-order valence-corrected chi connectivity index (χ3v) is 3.92. The zero-order valence-electron chi connectivity index (χ0n) is 11.5. The highest BCUT2D eigenvalue weighted by molar-refractivity contribution is 5.43. The zero-order chi connectivity index (χ0) is 15.2. The number of aromatic nitrogens is 2. The molecule has 1 fully saturated rings. The second-order valence-corrected chi connectivity index (χ2v) is 5.21. The maximum absolute atomic E-state index is 14.3. The van der Waals surface area contributed by atoms with E-state index in [2.05, 4.69) is 4.98 Å². The summed E-state index contributed by atoms with van der Waals surface area (Å²) in [6.07, 6.45) is 4.61. The van der Waals surface area contributed by atoms with Gasteiger partial charge in [0.25, 0.3) is 0 Å². The van der Waals surface area contributed by atoms with E-state index in [1.807, 2.05) is 30.3 Å². The van der Waals surface area contributed by atoms with Gasteiger partial charge in [-0.05, 0) is 17.7 Å². The van der Waals surface area contributed by atoms with Crippen molar-refractivity contribution in [1.82, 2.24) is 9.55 Å². The van der Waals surface area contributed by atoms with Crippen molar-refractivity contribution in [3.63, 3.8) is 0 Å². The number of rotatable bonds is 3. The average molecular weight is 298 g/mol. The van der Waals surface area contributed by atoms with Crippen molar-refractivity contribution in [3.05, 3.63) is 90.0 Å². The van der Waals surface area contributed by atoms with E-state index >= 15 is 0 Å². The van der Waals surface area contributed by atoms with Gasteiger partial charge in [-0.15, -0.1) is 0 Å². The summed E-state index contributed by atoms with van der Waals surface area (Å²) in [4.78, 5) is 4.00. The number of nitrogens with zero attached hydrogens (tertiary/aromatic N) is 2. The van der Waals surface area contributed by atoms with Gasteiger partial charge >= 0.3 is 0 Å². The van der Waals surface area contributed by atoms with Gasteiger partial charge in [0.2, 0.25) is 0 Å². The topological polar surface area (TPSA) is 30.4 Å². The van der Waals surface area contributed by atoms with Gasteiger partial charge in [0, 0.05) is 24.0 Å². The number of imidazole rings is 1. The second-order valence-electron chi connectivity index (χ2n) is 5.21. The van der Waals surface area contributed by atoms with Gasteiger partial charge in [0.05, 0.1) is 6.33 Å². The Labute approximate surface area is 125 Å². The largest absolute Gasteiger partial charge is 0.333 e. The Bertz CT molecular complexity index is 805. The third kappa shape index (κ3) is 1.86. The van der Waals surface area contributed by atoms with E-state index in [0.29, 0.717) is 5.56 Å². The maximum Gasteiger partial charge on any atom is 0.174 e. The van der Waals surface area contributed by atoms with Gasteiger partial charge in [0.15, 0.2) is 11.8 Å². The molecule has 0 amide bonds. The predicted molar refractivity (Wildman–Crippen MR) is 75.9 cm³/mol. The van der Waals surface area contributed by atoms with E-state index in [0.717, 1.165) is 11.6 Å². The van der Waals surface area contributed by atoms with Gasteiger partial charge in [-0.3, -0.25) is 0 Å². The molecule has 5 heteroatoms. The molecule has 2 heterocycles. The second kappa shape index (κ2) is 4.74. The lowest BCUT2D eigenvalue weighted by Crippen LogP contribution is -2.16. The molecular weight excluding hydrogens is 286 g/mol. The van der Waals surface area contributed by atoms with Crippen molar-refractivity contribution in [1.29, 1.82) is 0 Å². The molecule has 2 unspecified atom stereocenters. The summed E-state index contributed by atoms with van der Waals surface area (Å²) in [5.74, 6) is -1.23. The molecule has 1 aromatic heterocycles. The lowest BCUT2D eigenvalue weighted by molar-refractivity contribution is 0.300. The molecule has 22 heavy (non-hydrogen) atoms. The molecule has 1 aliphatic heterocycles. The summed E-state index contributed by atoms with van der Waals surface area (Å²) in [6, 6.07) is 12.9. The van der Waals surface area contributed by atoms with Crippen LogP contribution in [0.5, 0.6) is 0 Å². The molecule has 0 aliphatic carbocycles. The summed E-state index contributed by atoms with van der Waals surface area (Å²) in [5.41, 5.74) is 0.178. The summed E-state index contributed by atoms with van der Waals surface area (Å²) >= 11 is 0. The van der Waals surface area contributed by atoms with Crippen molar-refractivity contribution in [2.75, 3.05) is 0 Å². The van der Waals surface area contributed by atoms with Crippen LogP contribution in [0.1, 0.15) is 17.4 Å². The van der Waals surface area contributed by atoms with Crippen LogP contribution in [-0.4, -0.2) is 9.55 Å². The normalized spacial score (nSPS) is 23.5. The number of hydrogen-bond acceptors (Lipinski definition) is 2. The molecule has 3 nitrogen and oxygen atoms in total. The van der Waals surface area contributed by atoms with Gasteiger partial charge in [-0.1, -0.05) is 30.3 Å². The summed E-state index contributed by atoms with van der Waals surface area (Å²) in [5, 5.41) is 0. The molecule has 0 N–H and O–H groups in total. The first kappa shape index (κ1) is 13.2. The van der Waals surface area contributed by atoms with Crippen LogP contribution in [0.25, 0.3) is 0 Å². The van der Waals surface area contributed by atoms with Gasteiger partial charge in [-0.2, -0.15) is 0 Å². The quantitative estimate of drug-likeness (QED) is 0.691. The fourth-order valence-corrected chi connectivity index (χ4v) is 2.86. The highest BCUT2D eigenvalue weighted by Crippen LogP contribution is 2.58. The summed E-state index contributed by atoms with van der Waals surface area (Å²) in [6.45, 7) is 0. The lowest BCUT2D eigenvalue weighted by atomic mass is 9.89. The van der Waals surface area contributed by atoms with Crippen LogP contribution in [0.2, 0.25) is 0 Å². The Morgan fingerprint density at radius 1 is 1.09 bits per heavy atom. The monoisotopic (exact) mass is 298 g/mol. The van der Waals surface area contributed by atoms with E-state index < -0.39 is 23.5 Å². The van der Waals surface area contributed by atoms with Crippen LogP contribution in [0.15, 0.2) is 67.3 Å². The molecule has 110 valence electrons. The minimum absolute atomic E-state index is 0.318. The Hall–Kier alpha value is -2.53. The minimum atomic E-state index is -0.959. The van der Waals surface area contributed by atoms with E-state index in [1.54, 1.807) is 23.3 Å². The SMILES string of the molecule is Fc1ccc(C2(c3ccccc3)OC2n2ccnc2)c(F)c1. The van der Waals surface area contributed by atoms with Crippen molar-refractivity contribution in [3.8, 4) is 0 Å². The lowest BCUT2D eigenvalue weighted by Gasteiger charge is -2.15. The number of benzene rings is 2. The van der Waals surface area contributed by atoms with E-state index in [-0.39, 0.29) is 0 Å². The maximum atomic E-state index is 14.3. The van der Waals surface area contributed by atoms with Crippen LogP contribution >= 0.6 is 0 Å². The Kier molecular flexibility index (Phi) is 2.84. The Morgan fingerprint density at radius 2 is 1.91 bits per heavy atom. The van der Waals surface area contributed by atoms with E-state index in [9.17, 15) is 8.78 Å². The molecule has 1 aliphatic rings. The van der Waals surface area contributed by atoms with Crippen molar-refractivity contribution in [2.45, 2.75) is 11.8 Å². The summed E-state index contributed by atoms with van der Waals surface area (Å²) in [7, 11) is 0. The van der Waals surface area contributed by atoms with Crippen LogP contribution < -0.4 is 0 Å². The fourth-order valence-electron chi connectivity index (χ4n) is 2.86. The molecule has 2 aromatic carbocycles. The van der Waals surface area contributed by atoms with Crippen molar-refractivity contribution in [2.24, 2.45) is 0 Å². The van der Waals surface area contributed by atoms with Crippen LogP contribution in [0.3, 0.4) is 0 Å². The molecule has 1 saturated heterocycles. The minimum Gasteiger partial charge on any atom is -0.333 e. The van der Waals surface area contributed by atoms with E-state index in [4.69, 9.17) is 4.74 Å². The van der Waals surface area contributed by atoms with Gasteiger partial charge in [-0.25, -0.2) is 13.8 Å². The fraction of sp³-hybridized carbons (Fsp3) is 0.118. The Morgan fingerprint density at radius 3 is 2.59 bits per heavy atom. The third-order valence-electron chi connectivity index (χ3n) is 3.92. The van der Waals surface area contributed by atoms with Crippen molar-refractivity contribution >= 4 is 0 Å². The van der Waals surface area contributed by atoms with Crippen LogP contribution in [-0.2, 0) is 10.3 Å². The number of epoxide rings is 1. The molecule has 0 spiro atoms. The standard InChI is InChI=1S/C17H12F2N2O/c18-13-6-7-14(15(19)10-13)17(12-4-2-1-3-5-12)16(22-17)21-9-8-20-11-21/h1-11,16H. The molecule has 3 aromatic rings. The molecule has 0 saturated carbocycles. The number of halogens is 2.